The van der Waals surface area contributed by atoms with Crippen molar-refractivity contribution in [3.05, 3.63) is 0 Å². The molecule has 64 heavy (non-hydrogen) atoms. The van der Waals surface area contributed by atoms with Crippen molar-refractivity contribution >= 4 is 34.9 Å². The Kier molecular flexibility index (Phi) is 41.5. The molecule has 1 aliphatic heterocycles. The first-order valence-electron chi connectivity index (χ1n) is 24.2. The summed E-state index contributed by atoms with van der Waals surface area (Å²) >= 11 is 0. The van der Waals surface area contributed by atoms with Crippen LogP contribution in [0.3, 0.4) is 0 Å². The second kappa shape index (κ2) is 45.1. The molecule has 1 atom stereocenters. The zero-order valence-corrected chi connectivity index (χ0v) is 39.4. The standard InChI is InChI=1S/C46H85N7O11/c1-48-43(44(56)35-47)22-16-13-15-20-41(54)37-62-32-31-61-28-25-50-46(58)39-64-34-29-59-26-18-21-42(55)38-63-33-30-60-27-24-49-45(57)23-17-12-10-8-6-4-2-3-5-7-9-11-14-19-40-36-51-53-52-40/h43,48H,2-39,47H2,1H3,(H,49,57)(H,50,58)/t43-/m0/s1. The van der Waals surface area contributed by atoms with Crippen LogP contribution in [0.2, 0.25) is 0 Å². The normalized spacial score (nSPS) is 12.7. The van der Waals surface area contributed by atoms with Gasteiger partial charge in [-0.2, -0.15) is 5.11 Å². The fourth-order valence-electron chi connectivity index (χ4n) is 6.76. The van der Waals surface area contributed by atoms with E-state index in [0.29, 0.717) is 98.0 Å². The molecule has 5 N–H and O–H groups in total. The second-order valence-corrected chi connectivity index (χ2v) is 16.1. The zero-order chi connectivity index (χ0) is 46.4. The lowest BCUT2D eigenvalue weighted by molar-refractivity contribution is -0.127. The minimum atomic E-state index is -0.265. The number of likely N-dealkylation sites (N-methyl/N-ethyl adjacent to an activating group) is 1. The van der Waals surface area contributed by atoms with Crippen molar-refractivity contribution in [1.29, 1.82) is 0 Å². The fourth-order valence-corrected chi connectivity index (χ4v) is 6.76. The van der Waals surface area contributed by atoms with Gasteiger partial charge in [0.05, 0.1) is 71.2 Å². The summed E-state index contributed by atoms with van der Waals surface area (Å²) in [6.45, 7) is 4.41. The number of hydrogen-bond donors (Lipinski definition) is 4. The van der Waals surface area contributed by atoms with E-state index in [0.717, 1.165) is 44.2 Å². The maximum absolute atomic E-state index is 12.1. The van der Waals surface area contributed by atoms with Gasteiger partial charge in [-0.3, -0.25) is 24.0 Å². The summed E-state index contributed by atoms with van der Waals surface area (Å²) in [5, 5.41) is 20.2. The van der Waals surface area contributed by atoms with Crippen LogP contribution in [0.1, 0.15) is 141 Å². The monoisotopic (exact) mass is 912 g/mol. The molecule has 0 unspecified atom stereocenters. The van der Waals surface area contributed by atoms with Crippen molar-refractivity contribution in [3.63, 3.8) is 0 Å². The molecular weight excluding hydrogens is 827 g/mol. The van der Waals surface area contributed by atoms with Crippen molar-refractivity contribution in [1.82, 2.24) is 16.0 Å². The quantitative estimate of drug-likeness (QED) is 0.0590. The molecular formula is C46H85N7O11. The van der Waals surface area contributed by atoms with Crippen LogP contribution in [0, 0.1) is 0 Å². The van der Waals surface area contributed by atoms with Crippen molar-refractivity contribution in [2.75, 3.05) is 113 Å². The molecule has 0 aromatic rings. The van der Waals surface area contributed by atoms with Crippen molar-refractivity contribution in [3.8, 4) is 0 Å². The fraction of sp³-hybridized carbons (Fsp3) is 0.870. The number of carbonyl (C=O) groups excluding carboxylic acids is 5. The van der Waals surface area contributed by atoms with Crippen LogP contribution in [-0.2, 0) is 52.4 Å². The van der Waals surface area contributed by atoms with Crippen molar-refractivity contribution in [2.45, 2.75) is 147 Å². The number of hydrogen-bond acceptors (Lipinski definition) is 16. The third kappa shape index (κ3) is 39.3. The lowest BCUT2D eigenvalue weighted by atomic mass is 10.0. The molecule has 0 aromatic carbocycles. The van der Waals surface area contributed by atoms with Crippen LogP contribution >= 0.6 is 0 Å². The van der Waals surface area contributed by atoms with E-state index >= 15 is 0 Å². The predicted molar refractivity (Wildman–Crippen MR) is 247 cm³/mol. The first kappa shape index (κ1) is 58.9. The molecule has 0 radical (unpaired) electrons. The van der Waals surface area contributed by atoms with Gasteiger partial charge < -0.3 is 50.1 Å². The van der Waals surface area contributed by atoms with E-state index in [1.807, 2.05) is 0 Å². The van der Waals surface area contributed by atoms with E-state index in [9.17, 15) is 24.0 Å². The number of unbranched alkanes of at least 4 members (excludes halogenated alkanes) is 14. The number of nitrogens with two attached hydrogens (primary N) is 1. The number of ether oxygens (including phenoxy) is 6. The van der Waals surface area contributed by atoms with Crippen LogP contribution in [0.25, 0.3) is 0 Å². The Morgan fingerprint density at radius 3 is 1.55 bits per heavy atom. The Balaban J connectivity index is 1.74. The Morgan fingerprint density at radius 2 is 1.00 bits per heavy atom. The maximum Gasteiger partial charge on any atom is 0.246 e. The zero-order valence-electron chi connectivity index (χ0n) is 39.4. The Bertz CT molecular complexity index is 1260. The molecule has 18 heteroatoms. The molecule has 1 aliphatic rings. The van der Waals surface area contributed by atoms with Crippen LogP contribution < -0.4 is 21.7 Å². The average molecular weight is 912 g/mol. The van der Waals surface area contributed by atoms with Crippen molar-refractivity contribution in [2.24, 2.45) is 21.2 Å². The summed E-state index contributed by atoms with van der Waals surface area (Å²) in [6, 6.07) is -0.222. The summed E-state index contributed by atoms with van der Waals surface area (Å²) in [5.74, 6) is -0.187. The highest BCUT2D eigenvalue weighted by atomic mass is 16.5. The molecule has 0 saturated heterocycles. The lowest BCUT2D eigenvalue weighted by Gasteiger charge is -2.13. The van der Waals surface area contributed by atoms with Crippen LogP contribution in [-0.4, -0.2) is 153 Å². The van der Waals surface area contributed by atoms with Gasteiger partial charge in [0.1, 0.15) is 26.4 Å². The largest absolute Gasteiger partial charge is 0.379 e. The third-order valence-electron chi connectivity index (χ3n) is 10.5. The van der Waals surface area contributed by atoms with E-state index < -0.39 is 0 Å². The first-order chi connectivity index (χ1) is 31.3. The van der Waals surface area contributed by atoms with Crippen LogP contribution in [0.4, 0.5) is 0 Å². The molecule has 0 aromatic heterocycles. The molecule has 0 fully saturated rings. The lowest BCUT2D eigenvalue weighted by Crippen LogP contribution is -2.38. The molecule has 1 heterocycles. The number of rotatable bonds is 50. The van der Waals surface area contributed by atoms with Gasteiger partial charge in [0.15, 0.2) is 17.3 Å². The van der Waals surface area contributed by atoms with Crippen LogP contribution in [0.5, 0.6) is 0 Å². The number of carbonyl (C=O) groups is 5. The van der Waals surface area contributed by atoms with Gasteiger partial charge in [0.25, 0.3) is 0 Å². The summed E-state index contributed by atoms with van der Waals surface area (Å²) in [6.07, 6.45) is 22.3. The number of nitrogens with one attached hydrogen (secondary N) is 3. The number of nitrogens with zero attached hydrogens (tertiary/aromatic N) is 3. The number of Topliss-reactive ketones (excluding diaryl/α,β-unsaturated/α-hetero) is 3. The van der Waals surface area contributed by atoms with Gasteiger partial charge in [-0.25, -0.2) is 0 Å². The van der Waals surface area contributed by atoms with Crippen molar-refractivity contribution < 1.29 is 52.4 Å². The highest BCUT2D eigenvalue weighted by molar-refractivity contribution is 5.87. The molecule has 0 bridgehead atoms. The first-order valence-corrected chi connectivity index (χ1v) is 24.2. The van der Waals surface area contributed by atoms with E-state index in [2.05, 4.69) is 31.4 Å². The molecule has 2 amide bonds. The van der Waals surface area contributed by atoms with Gasteiger partial charge in [0.2, 0.25) is 11.8 Å². The molecule has 0 saturated carbocycles. The third-order valence-corrected chi connectivity index (χ3v) is 10.5. The molecule has 18 nitrogen and oxygen atoms in total. The second-order valence-electron chi connectivity index (χ2n) is 16.1. The van der Waals surface area contributed by atoms with E-state index in [1.165, 1.54) is 70.6 Å². The summed E-state index contributed by atoms with van der Waals surface area (Å²) in [7, 11) is 1.74. The molecule has 0 spiro atoms. The van der Waals surface area contributed by atoms with Gasteiger partial charge in [-0.05, 0) is 50.8 Å². The highest BCUT2D eigenvalue weighted by Gasteiger charge is 2.14. The number of ketones is 3. The molecule has 0 aliphatic carbocycles. The van der Waals surface area contributed by atoms with E-state index in [4.69, 9.17) is 34.2 Å². The topological polar surface area (TPSA) is 240 Å². The molecule has 1 rings (SSSR count). The maximum atomic E-state index is 12.1. The average Bonchev–Trinajstić information content (AvgIpc) is 3.82. The smallest absolute Gasteiger partial charge is 0.246 e. The Labute approximate surface area is 383 Å². The predicted octanol–water partition coefficient (Wildman–Crippen LogP) is 4.98. The Hall–Kier alpha value is -3.10. The van der Waals surface area contributed by atoms with Gasteiger partial charge >= 0.3 is 0 Å². The highest BCUT2D eigenvalue weighted by Crippen LogP contribution is 2.14. The molecule has 370 valence electrons. The van der Waals surface area contributed by atoms with Gasteiger partial charge in [-0.15, -0.1) is 5.10 Å². The SMILES string of the molecule is CN[C@@H](CCCCCC(=O)COCCOCCNC(=O)COCCOCCCC(=O)COCCOCCNC(=O)CCCCCCCCCCCCCCCC1=NN=NC1)C(=O)CN. The summed E-state index contributed by atoms with van der Waals surface area (Å²) in [5.41, 5.74) is 6.54. The minimum absolute atomic E-state index is 0.00142. The van der Waals surface area contributed by atoms with Gasteiger partial charge in [-0.1, -0.05) is 83.5 Å². The minimum Gasteiger partial charge on any atom is -0.379 e. The summed E-state index contributed by atoms with van der Waals surface area (Å²) < 4.78 is 32.5. The summed E-state index contributed by atoms with van der Waals surface area (Å²) in [4.78, 5) is 59.6. The van der Waals surface area contributed by atoms with Crippen LogP contribution in [0.15, 0.2) is 15.4 Å². The number of amides is 2. The Morgan fingerprint density at radius 1 is 0.531 bits per heavy atom. The van der Waals surface area contributed by atoms with E-state index in [-0.39, 0.29) is 74.8 Å². The van der Waals surface area contributed by atoms with Gasteiger partial charge in [0, 0.05) is 39.0 Å². The van der Waals surface area contributed by atoms with E-state index in [1.54, 1.807) is 7.05 Å².